The summed E-state index contributed by atoms with van der Waals surface area (Å²) < 4.78 is 13.2. The first-order valence-electron chi connectivity index (χ1n) is 7.17. The van der Waals surface area contributed by atoms with Crippen molar-refractivity contribution in [2.24, 2.45) is 11.7 Å². The molecule has 4 atom stereocenters. The molecule has 1 saturated heterocycles. The standard InChI is InChI=1S/C14H23N3O2/c1-18-12-3-2-11(6-12)17-9-16-7-13(17)14(15)10-4-5-19-8-10/h7,9-12,14H,2-6,8,15H2,1H3. The number of hydrogen-bond acceptors (Lipinski definition) is 4. The van der Waals surface area contributed by atoms with Crippen molar-refractivity contribution in [2.45, 2.75) is 43.9 Å². The minimum absolute atomic E-state index is 0.0339. The first kappa shape index (κ1) is 13.1. The number of imidazole rings is 1. The average molecular weight is 265 g/mol. The van der Waals surface area contributed by atoms with Crippen molar-refractivity contribution in [3.63, 3.8) is 0 Å². The Morgan fingerprint density at radius 1 is 1.47 bits per heavy atom. The van der Waals surface area contributed by atoms with E-state index in [-0.39, 0.29) is 6.04 Å². The van der Waals surface area contributed by atoms with Crippen LogP contribution in [0.1, 0.15) is 43.5 Å². The monoisotopic (exact) mass is 265 g/mol. The van der Waals surface area contributed by atoms with Gasteiger partial charge in [0, 0.05) is 31.9 Å². The Hall–Kier alpha value is -0.910. The molecule has 4 unspecified atom stereocenters. The molecule has 2 N–H and O–H groups in total. The van der Waals surface area contributed by atoms with E-state index in [1.807, 2.05) is 12.5 Å². The number of aromatic nitrogens is 2. The highest BCUT2D eigenvalue weighted by Gasteiger charge is 2.31. The molecule has 2 heterocycles. The van der Waals surface area contributed by atoms with Crippen LogP contribution in [0.3, 0.4) is 0 Å². The van der Waals surface area contributed by atoms with Gasteiger partial charge in [0.1, 0.15) is 0 Å². The highest BCUT2D eigenvalue weighted by atomic mass is 16.5. The Bertz CT molecular complexity index is 415. The molecule has 19 heavy (non-hydrogen) atoms. The van der Waals surface area contributed by atoms with E-state index in [2.05, 4.69) is 9.55 Å². The summed E-state index contributed by atoms with van der Waals surface area (Å²) in [7, 11) is 1.80. The normalized spacial score (nSPS) is 32.8. The van der Waals surface area contributed by atoms with Crippen LogP contribution >= 0.6 is 0 Å². The average Bonchev–Trinajstić information content (AvgIpc) is 3.16. The second-order valence-electron chi connectivity index (χ2n) is 5.70. The first-order valence-corrected chi connectivity index (χ1v) is 7.17. The van der Waals surface area contributed by atoms with Gasteiger partial charge in [-0.15, -0.1) is 0 Å². The fraction of sp³-hybridized carbons (Fsp3) is 0.786. The lowest BCUT2D eigenvalue weighted by atomic mass is 9.97. The third kappa shape index (κ3) is 2.55. The van der Waals surface area contributed by atoms with Crippen LogP contribution in [-0.2, 0) is 9.47 Å². The van der Waals surface area contributed by atoms with Gasteiger partial charge in [0.05, 0.1) is 30.8 Å². The zero-order valence-electron chi connectivity index (χ0n) is 11.5. The Balaban J connectivity index is 1.74. The maximum Gasteiger partial charge on any atom is 0.0951 e. The predicted molar refractivity (Wildman–Crippen MR) is 71.8 cm³/mol. The number of hydrogen-bond donors (Lipinski definition) is 1. The summed E-state index contributed by atoms with van der Waals surface area (Å²) >= 11 is 0. The smallest absolute Gasteiger partial charge is 0.0951 e. The van der Waals surface area contributed by atoms with Crippen LogP contribution in [-0.4, -0.2) is 36.0 Å². The molecule has 2 aliphatic rings. The Labute approximate surface area is 114 Å². The highest BCUT2D eigenvalue weighted by Crippen LogP contribution is 2.35. The Kier molecular flexibility index (Phi) is 3.86. The fourth-order valence-electron chi connectivity index (χ4n) is 3.34. The molecule has 5 heteroatoms. The van der Waals surface area contributed by atoms with Crippen LogP contribution in [0.5, 0.6) is 0 Å². The summed E-state index contributed by atoms with van der Waals surface area (Å²) in [6, 6.07) is 0.516. The molecule has 0 radical (unpaired) electrons. The van der Waals surface area contributed by atoms with Gasteiger partial charge in [-0.1, -0.05) is 0 Å². The van der Waals surface area contributed by atoms with Gasteiger partial charge in [-0.3, -0.25) is 0 Å². The van der Waals surface area contributed by atoms with E-state index in [1.54, 1.807) is 7.11 Å². The molecule has 1 aromatic heterocycles. The minimum Gasteiger partial charge on any atom is -0.381 e. The van der Waals surface area contributed by atoms with Crippen LogP contribution in [0.2, 0.25) is 0 Å². The van der Waals surface area contributed by atoms with E-state index in [1.165, 1.54) is 0 Å². The van der Waals surface area contributed by atoms with Crippen LogP contribution in [0.4, 0.5) is 0 Å². The highest BCUT2D eigenvalue weighted by molar-refractivity contribution is 5.09. The minimum atomic E-state index is 0.0339. The van der Waals surface area contributed by atoms with Crippen molar-refractivity contribution in [3.8, 4) is 0 Å². The number of nitrogens with zero attached hydrogens (tertiary/aromatic N) is 2. The number of methoxy groups -OCH3 is 1. The number of nitrogens with two attached hydrogens (primary N) is 1. The molecule has 0 amide bonds. The summed E-state index contributed by atoms with van der Waals surface area (Å²) in [5.74, 6) is 0.426. The predicted octanol–water partition coefficient (Wildman–Crippen LogP) is 1.66. The molecule has 0 spiro atoms. The first-order chi connectivity index (χ1) is 9.29. The summed E-state index contributed by atoms with van der Waals surface area (Å²) in [5.41, 5.74) is 7.56. The summed E-state index contributed by atoms with van der Waals surface area (Å²) in [6.07, 6.45) is 8.62. The summed E-state index contributed by atoms with van der Waals surface area (Å²) in [6.45, 7) is 1.61. The molecule has 0 bridgehead atoms. The SMILES string of the molecule is COC1CCC(n2cncc2C(N)C2CCOC2)C1. The van der Waals surface area contributed by atoms with Crippen molar-refractivity contribution in [1.29, 1.82) is 0 Å². The zero-order chi connectivity index (χ0) is 13.2. The molecular formula is C14H23N3O2. The lowest BCUT2D eigenvalue weighted by Gasteiger charge is -2.22. The third-order valence-corrected chi connectivity index (χ3v) is 4.59. The lowest BCUT2D eigenvalue weighted by Crippen LogP contribution is -2.25. The summed E-state index contributed by atoms with van der Waals surface area (Å²) in [5, 5.41) is 0. The Morgan fingerprint density at radius 3 is 3.05 bits per heavy atom. The van der Waals surface area contributed by atoms with Crippen LogP contribution in [0.25, 0.3) is 0 Å². The Morgan fingerprint density at radius 2 is 2.37 bits per heavy atom. The van der Waals surface area contributed by atoms with E-state index in [4.69, 9.17) is 15.2 Å². The summed E-state index contributed by atoms with van der Waals surface area (Å²) in [4.78, 5) is 4.31. The fourth-order valence-corrected chi connectivity index (χ4v) is 3.34. The molecule has 1 saturated carbocycles. The van der Waals surface area contributed by atoms with Crippen LogP contribution in [0.15, 0.2) is 12.5 Å². The molecule has 2 fully saturated rings. The molecule has 1 aliphatic carbocycles. The van der Waals surface area contributed by atoms with Gasteiger partial charge < -0.3 is 19.8 Å². The van der Waals surface area contributed by atoms with Gasteiger partial charge >= 0.3 is 0 Å². The van der Waals surface area contributed by atoms with Gasteiger partial charge in [-0.25, -0.2) is 4.98 Å². The van der Waals surface area contributed by atoms with Crippen LogP contribution < -0.4 is 5.73 Å². The lowest BCUT2D eigenvalue weighted by molar-refractivity contribution is 0.105. The zero-order valence-corrected chi connectivity index (χ0v) is 11.5. The van der Waals surface area contributed by atoms with Crippen molar-refractivity contribution in [1.82, 2.24) is 9.55 Å². The van der Waals surface area contributed by atoms with Crippen molar-refractivity contribution in [2.75, 3.05) is 20.3 Å². The number of rotatable bonds is 4. The molecule has 1 aliphatic heterocycles. The largest absolute Gasteiger partial charge is 0.381 e. The second kappa shape index (κ2) is 5.61. The molecule has 0 aromatic carbocycles. The van der Waals surface area contributed by atoms with E-state index in [0.29, 0.717) is 18.1 Å². The van der Waals surface area contributed by atoms with E-state index in [0.717, 1.165) is 44.6 Å². The maximum atomic E-state index is 6.41. The van der Waals surface area contributed by atoms with E-state index < -0.39 is 0 Å². The van der Waals surface area contributed by atoms with Crippen molar-refractivity contribution >= 4 is 0 Å². The molecular weight excluding hydrogens is 242 g/mol. The topological polar surface area (TPSA) is 62.3 Å². The maximum absolute atomic E-state index is 6.41. The van der Waals surface area contributed by atoms with E-state index >= 15 is 0 Å². The molecule has 106 valence electrons. The van der Waals surface area contributed by atoms with Gasteiger partial charge in [0.2, 0.25) is 0 Å². The van der Waals surface area contributed by atoms with Gasteiger partial charge in [0.25, 0.3) is 0 Å². The van der Waals surface area contributed by atoms with E-state index in [9.17, 15) is 0 Å². The van der Waals surface area contributed by atoms with Crippen LogP contribution in [0, 0.1) is 5.92 Å². The third-order valence-electron chi connectivity index (χ3n) is 4.59. The molecule has 3 rings (SSSR count). The van der Waals surface area contributed by atoms with Gasteiger partial charge in [0.15, 0.2) is 0 Å². The quantitative estimate of drug-likeness (QED) is 0.899. The second-order valence-corrected chi connectivity index (χ2v) is 5.70. The van der Waals surface area contributed by atoms with Gasteiger partial charge in [-0.2, -0.15) is 0 Å². The molecule has 5 nitrogen and oxygen atoms in total. The number of ether oxygens (including phenoxy) is 2. The molecule has 1 aromatic rings. The van der Waals surface area contributed by atoms with Crippen molar-refractivity contribution in [3.05, 3.63) is 18.2 Å². The van der Waals surface area contributed by atoms with Gasteiger partial charge in [-0.05, 0) is 25.7 Å². The van der Waals surface area contributed by atoms with Crippen molar-refractivity contribution < 1.29 is 9.47 Å².